The van der Waals surface area contributed by atoms with Gasteiger partial charge in [0.25, 0.3) is 0 Å². The first-order valence-corrected chi connectivity index (χ1v) is 4.28. The lowest BCUT2D eigenvalue weighted by atomic mass is 10.1. The van der Waals surface area contributed by atoms with Crippen molar-refractivity contribution in [3.8, 4) is 0 Å². The zero-order valence-electron chi connectivity index (χ0n) is 7.63. The van der Waals surface area contributed by atoms with Crippen molar-refractivity contribution >= 4 is 5.76 Å². The molecule has 0 atom stereocenters. The van der Waals surface area contributed by atoms with Crippen LogP contribution < -0.4 is 0 Å². The Balaban J connectivity index is 0.000000336. The van der Waals surface area contributed by atoms with Gasteiger partial charge in [0, 0.05) is 11.1 Å². The van der Waals surface area contributed by atoms with Crippen LogP contribution in [0.1, 0.15) is 25.0 Å². The van der Waals surface area contributed by atoms with Crippen molar-refractivity contribution in [3.63, 3.8) is 0 Å². The molecule has 0 radical (unpaired) electrons. The second-order valence-electron chi connectivity index (χ2n) is 2.37. The van der Waals surface area contributed by atoms with Crippen molar-refractivity contribution in [2.24, 2.45) is 0 Å². The molecule has 0 aliphatic carbocycles. The van der Waals surface area contributed by atoms with Crippen molar-refractivity contribution in [2.45, 2.75) is 20.5 Å². The maximum absolute atomic E-state index is 5.23. The van der Waals surface area contributed by atoms with E-state index in [2.05, 4.69) is 12.6 Å². The van der Waals surface area contributed by atoms with E-state index in [4.69, 9.17) is 4.74 Å². The normalized spacial score (nSPS) is 12.7. The fourth-order valence-corrected chi connectivity index (χ4v) is 1.16. The zero-order chi connectivity index (χ0) is 8.97. The third-order valence-corrected chi connectivity index (χ3v) is 1.72. The van der Waals surface area contributed by atoms with Gasteiger partial charge in [0.1, 0.15) is 12.4 Å². The molecule has 1 nitrogen and oxygen atoms in total. The van der Waals surface area contributed by atoms with Gasteiger partial charge >= 0.3 is 0 Å². The van der Waals surface area contributed by atoms with Crippen LogP contribution in [0, 0.1) is 0 Å². The molecule has 12 heavy (non-hydrogen) atoms. The van der Waals surface area contributed by atoms with Gasteiger partial charge in [-0.15, -0.1) is 0 Å². The molecule has 1 aromatic carbocycles. The van der Waals surface area contributed by atoms with Crippen LogP contribution in [0.25, 0.3) is 5.76 Å². The fraction of sp³-hybridized carbons (Fsp3) is 0.273. The minimum Gasteiger partial charge on any atom is -0.489 e. The van der Waals surface area contributed by atoms with E-state index in [1.807, 2.05) is 32.0 Å². The summed E-state index contributed by atoms with van der Waals surface area (Å²) in [5, 5.41) is 0. The molecule has 1 heterocycles. The Kier molecular flexibility index (Phi) is 2.92. The van der Waals surface area contributed by atoms with E-state index in [1.165, 1.54) is 5.56 Å². The van der Waals surface area contributed by atoms with E-state index >= 15 is 0 Å². The molecule has 0 fully saturated rings. The smallest absolute Gasteiger partial charge is 0.120 e. The first kappa shape index (κ1) is 8.85. The van der Waals surface area contributed by atoms with Gasteiger partial charge in [0.05, 0.1) is 0 Å². The summed E-state index contributed by atoms with van der Waals surface area (Å²) in [6, 6.07) is 8.11. The van der Waals surface area contributed by atoms with Gasteiger partial charge in [-0.25, -0.2) is 0 Å². The zero-order valence-corrected chi connectivity index (χ0v) is 7.63. The monoisotopic (exact) mass is 162 g/mol. The number of rotatable bonds is 0. The first-order chi connectivity index (χ1) is 5.88. The number of hydrogen-bond donors (Lipinski definition) is 0. The molecule has 1 aliphatic rings. The molecule has 0 N–H and O–H groups in total. The highest BCUT2D eigenvalue weighted by Gasteiger charge is 2.13. The summed E-state index contributed by atoms with van der Waals surface area (Å²) in [7, 11) is 0. The lowest BCUT2D eigenvalue weighted by molar-refractivity contribution is 0.286. The second-order valence-corrected chi connectivity index (χ2v) is 2.37. The standard InChI is InChI=1S/C9H8O.C2H6/c1-7-9-5-3-2-4-8(9)6-10-7;1-2/h2-5H,1,6H2;1-2H3. The van der Waals surface area contributed by atoms with Crippen LogP contribution in [0.15, 0.2) is 30.8 Å². The van der Waals surface area contributed by atoms with E-state index in [0.29, 0.717) is 6.61 Å². The maximum atomic E-state index is 5.23. The Labute approximate surface area is 73.7 Å². The Morgan fingerprint density at radius 2 is 1.92 bits per heavy atom. The fourth-order valence-electron chi connectivity index (χ4n) is 1.16. The molecule has 1 aliphatic heterocycles. The number of ether oxygens (including phenoxy) is 1. The van der Waals surface area contributed by atoms with E-state index < -0.39 is 0 Å². The summed E-state index contributed by atoms with van der Waals surface area (Å²) >= 11 is 0. The molecule has 2 rings (SSSR count). The Bertz CT molecular complexity index is 276. The molecular weight excluding hydrogens is 148 g/mol. The highest BCUT2D eigenvalue weighted by molar-refractivity contribution is 5.63. The summed E-state index contributed by atoms with van der Waals surface area (Å²) in [6.07, 6.45) is 0. The van der Waals surface area contributed by atoms with Crippen LogP contribution in [-0.4, -0.2) is 0 Å². The van der Waals surface area contributed by atoms with Gasteiger partial charge in [-0.05, 0) is 0 Å². The molecule has 1 heteroatoms. The Hall–Kier alpha value is -1.24. The molecule has 0 bridgehead atoms. The maximum Gasteiger partial charge on any atom is 0.120 e. The molecule has 0 amide bonds. The SMILES string of the molecule is C=C1OCc2ccccc21.CC. The molecule has 0 aromatic heterocycles. The topological polar surface area (TPSA) is 9.23 Å². The predicted molar refractivity (Wildman–Crippen MR) is 51.6 cm³/mol. The number of benzene rings is 1. The molecule has 64 valence electrons. The summed E-state index contributed by atoms with van der Waals surface area (Å²) in [5.74, 6) is 0.801. The van der Waals surface area contributed by atoms with Crippen LogP contribution in [0.4, 0.5) is 0 Å². The van der Waals surface area contributed by atoms with Gasteiger partial charge in [-0.3, -0.25) is 0 Å². The van der Waals surface area contributed by atoms with Crippen LogP contribution in [0.2, 0.25) is 0 Å². The predicted octanol–water partition coefficient (Wildman–Crippen LogP) is 3.21. The van der Waals surface area contributed by atoms with E-state index in [9.17, 15) is 0 Å². The molecule has 0 saturated heterocycles. The number of hydrogen-bond acceptors (Lipinski definition) is 1. The molecule has 0 unspecified atom stereocenters. The highest BCUT2D eigenvalue weighted by Crippen LogP contribution is 2.26. The lowest BCUT2D eigenvalue weighted by Gasteiger charge is -1.92. The van der Waals surface area contributed by atoms with Gasteiger partial charge in [-0.2, -0.15) is 0 Å². The van der Waals surface area contributed by atoms with E-state index in [-0.39, 0.29) is 0 Å². The average molecular weight is 162 g/mol. The minimum atomic E-state index is 0.689. The molecule has 1 aromatic rings. The average Bonchev–Trinajstić information content (AvgIpc) is 2.53. The first-order valence-electron chi connectivity index (χ1n) is 4.28. The summed E-state index contributed by atoms with van der Waals surface area (Å²) in [4.78, 5) is 0. The highest BCUT2D eigenvalue weighted by atomic mass is 16.5. The minimum absolute atomic E-state index is 0.689. The van der Waals surface area contributed by atoms with Gasteiger partial charge in [-0.1, -0.05) is 44.7 Å². The van der Waals surface area contributed by atoms with Gasteiger partial charge in [0.2, 0.25) is 0 Å². The van der Waals surface area contributed by atoms with Crippen LogP contribution in [0.5, 0.6) is 0 Å². The van der Waals surface area contributed by atoms with E-state index in [0.717, 1.165) is 11.3 Å². The van der Waals surface area contributed by atoms with Crippen molar-refractivity contribution in [3.05, 3.63) is 42.0 Å². The molecule has 0 spiro atoms. The number of fused-ring (bicyclic) bond motifs is 1. The van der Waals surface area contributed by atoms with E-state index in [1.54, 1.807) is 0 Å². The Morgan fingerprint density at radius 3 is 2.58 bits per heavy atom. The third-order valence-electron chi connectivity index (χ3n) is 1.72. The Morgan fingerprint density at radius 1 is 1.25 bits per heavy atom. The molecular formula is C11H14O. The quantitative estimate of drug-likeness (QED) is 0.569. The van der Waals surface area contributed by atoms with Crippen LogP contribution in [-0.2, 0) is 11.3 Å². The van der Waals surface area contributed by atoms with Crippen LogP contribution >= 0.6 is 0 Å². The van der Waals surface area contributed by atoms with Gasteiger partial charge in [0.15, 0.2) is 0 Å². The van der Waals surface area contributed by atoms with Crippen molar-refractivity contribution in [1.29, 1.82) is 0 Å². The summed E-state index contributed by atoms with van der Waals surface area (Å²) < 4.78 is 5.23. The largest absolute Gasteiger partial charge is 0.489 e. The van der Waals surface area contributed by atoms with Crippen molar-refractivity contribution < 1.29 is 4.74 Å². The lowest BCUT2D eigenvalue weighted by Crippen LogP contribution is -1.76. The summed E-state index contributed by atoms with van der Waals surface area (Å²) in [6.45, 7) is 8.46. The summed E-state index contributed by atoms with van der Waals surface area (Å²) in [5.41, 5.74) is 2.40. The van der Waals surface area contributed by atoms with Gasteiger partial charge < -0.3 is 4.74 Å². The van der Waals surface area contributed by atoms with Crippen molar-refractivity contribution in [2.75, 3.05) is 0 Å². The second kappa shape index (κ2) is 3.96. The molecule has 0 saturated carbocycles. The van der Waals surface area contributed by atoms with Crippen LogP contribution in [0.3, 0.4) is 0 Å². The third kappa shape index (κ3) is 1.50. The van der Waals surface area contributed by atoms with Crippen molar-refractivity contribution in [1.82, 2.24) is 0 Å².